The molecule has 5 heteroatoms. The van der Waals surface area contributed by atoms with Gasteiger partial charge >= 0.3 is 5.97 Å². The normalized spacial score (nSPS) is 22.9. The number of carbonyl (C=O) groups excluding carboxylic acids is 1. The molecule has 1 rings (SSSR count). The summed E-state index contributed by atoms with van der Waals surface area (Å²) in [5, 5.41) is 11.7. The average molecular weight is 257 g/mol. The minimum Gasteiger partial charge on any atom is -0.481 e. The van der Waals surface area contributed by atoms with E-state index in [1.165, 1.54) is 0 Å². The molecule has 1 saturated carbocycles. The summed E-state index contributed by atoms with van der Waals surface area (Å²) in [6, 6.07) is -0.00200. The fraction of sp³-hybridized carbons (Fsp3) is 0.846. The van der Waals surface area contributed by atoms with Crippen LogP contribution >= 0.6 is 0 Å². The van der Waals surface area contributed by atoms with E-state index in [0.717, 1.165) is 25.7 Å². The highest BCUT2D eigenvalue weighted by atomic mass is 16.5. The Bertz CT molecular complexity index is 280. The van der Waals surface area contributed by atoms with Crippen LogP contribution in [0.4, 0.5) is 0 Å². The van der Waals surface area contributed by atoms with Crippen LogP contribution in [0.15, 0.2) is 0 Å². The number of carbonyl (C=O) groups is 2. The number of carboxylic acids is 1. The molecule has 2 atom stereocenters. The molecule has 0 aromatic heterocycles. The summed E-state index contributed by atoms with van der Waals surface area (Å²) < 4.78 is 5.25. The van der Waals surface area contributed by atoms with E-state index in [0.29, 0.717) is 19.4 Å². The smallest absolute Gasteiger partial charge is 0.306 e. The third kappa shape index (κ3) is 5.49. The predicted octanol–water partition coefficient (Wildman–Crippen LogP) is 1.56. The number of nitrogens with one attached hydrogen (secondary N) is 1. The lowest BCUT2D eigenvalue weighted by Gasteiger charge is -2.12. The van der Waals surface area contributed by atoms with Crippen molar-refractivity contribution in [1.82, 2.24) is 5.32 Å². The molecule has 0 unspecified atom stereocenters. The van der Waals surface area contributed by atoms with Crippen molar-refractivity contribution < 1.29 is 19.4 Å². The zero-order chi connectivity index (χ0) is 13.4. The van der Waals surface area contributed by atoms with Gasteiger partial charge in [-0.25, -0.2) is 0 Å². The van der Waals surface area contributed by atoms with E-state index >= 15 is 0 Å². The highest BCUT2D eigenvalue weighted by molar-refractivity contribution is 5.78. The Morgan fingerprint density at radius 1 is 1.33 bits per heavy atom. The molecule has 104 valence electrons. The van der Waals surface area contributed by atoms with E-state index in [1.807, 2.05) is 0 Å². The van der Waals surface area contributed by atoms with Gasteiger partial charge in [-0.15, -0.1) is 0 Å². The van der Waals surface area contributed by atoms with Crippen molar-refractivity contribution in [3.8, 4) is 0 Å². The molecule has 18 heavy (non-hydrogen) atoms. The van der Waals surface area contributed by atoms with E-state index in [4.69, 9.17) is 9.84 Å². The molecule has 5 nitrogen and oxygen atoms in total. The number of carboxylic acid groups (broad SMARTS) is 1. The number of hydrogen-bond acceptors (Lipinski definition) is 3. The number of rotatable bonds is 8. The first kappa shape index (κ1) is 15.0. The predicted molar refractivity (Wildman–Crippen MR) is 67.3 cm³/mol. The van der Waals surface area contributed by atoms with Crippen LogP contribution in [0.5, 0.6) is 0 Å². The maximum absolute atomic E-state index is 11.5. The van der Waals surface area contributed by atoms with Gasteiger partial charge in [0.05, 0.1) is 5.92 Å². The van der Waals surface area contributed by atoms with Gasteiger partial charge in [-0.1, -0.05) is 19.8 Å². The molecular weight excluding hydrogens is 234 g/mol. The van der Waals surface area contributed by atoms with Crippen LogP contribution in [-0.2, 0) is 14.3 Å². The van der Waals surface area contributed by atoms with Gasteiger partial charge in [0.2, 0.25) is 5.91 Å². The number of hydrogen-bond donors (Lipinski definition) is 2. The van der Waals surface area contributed by atoms with E-state index in [9.17, 15) is 9.59 Å². The summed E-state index contributed by atoms with van der Waals surface area (Å²) in [7, 11) is 0. The van der Waals surface area contributed by atoms with Crippen molar-refractivity contribution >= 4 is 11.9 Å². The standard InChI is InChI=1S/C13H23NO4/c1-2-3-4-7-18-9-12(15)14-11-6-5-10(8-11)13(16)17/h10-11H,2-9H2,1H3,(H,14,15)(H,16,17)/t10-,11+/m1/s1. The first-order valence-electron chi connectivity index (χ1n) is 6.73. The van der Waals surface area contributed by atoms with Crippen molar-refractivity contribution in [3.05, 3.63) is 0 Å². The first-order chi connectivity index (χ1) is 8.63. The van der Waals surface area contributed by atoms with Gasteiger partial charge < -0.3 is 15.2 Å². The molecule has 0 heterocycles. The quantitative estimate of drug-likeness (QED) is 0.647. The summed E-state index contributed by atoms with van der Waals surface area (Å²) in [6.07, 6.45) is 5.17. The highest BCUT2D eigenvalue weighted by Crippen LogP contribution is 2.25. The molecule has 1 aliphatic carbocycles. The van der Waals surface area contributed by atoms with E-state index in [1.54, 1.807) is 0 Å². The molecule has 0 aliphatic heterocycles. The van der Waals surface area contributed by atoms with E-state index in [-0.39, 0.29) is 24.5 Å². The van der Waals surface area contributed by atoms with Crippen molar-refractivity contribution in [2.45, 2.75) is 51.5 Å². The van der Waals surface area contributed by atoms with Crippen LogP contribution in [0.3, 0.4) is 0 Å². The maximum atomic E-state index is 11.5. The largest absolute Gasteiger partial charge is 0.481 e. The van der Waals surface area contributed by atoms with Crippen LogP contribution in [0.2, 0.25) is 0 Å². The van der Waals surface area contributed by atoms with Gasteiger partial charge in [-0.3, -0.25) is 9.59 Å². The molecule has 0 spiro atoms. The second kappa shape index (κ2) is 8.08. The molecule has 1 amide bonds. The van der Waals surface area contributed by atoms with Gasteiger partial charge in [0.25, 0.3) is 0 Å². The van der Waals surface area contributed by atoms with E-state index < -0.39 is 5.97 Å². The van der Waals surface area contributed by atoms with Gasteiger partial charge in [0, 0.05) is 12.6 Å². The number of ether oxygens (including phenoxy) is 1. The summed E-state index contributed by atoms with van der Waals surface area (Å²) >= 11 is 0. The van der Waals surface area contributed by atoms with Crippen LogP contribution in [0, 0.1) is 5.92 Å². The minimum absolute atomic E-state index is 0.00200. The number of amides is 1. The summed E-state index contributed by atoms with van der Waals surface area (Å²) in [6.45, 7) is 2.81. The Labute approximate surface area is 108 Å². The van der Waals surface area contributed by atoms with Gasteiger partial charge in [0.15, 0.2) is 0 Å². The first-order valence-corrected chi connectivity index (χ1v) is 6.73. The molecule has 2 N–H and O–H groups in total. The van der Waals surface area contributed by atoms with Crippen LogP contribution in [-0.4, -0.2) is 36.2 Å². The van der Waals surface area contributed by atoms with Crippen LogP contribution in [0.25, 0.3) is 0 Å². The zero-order valence-electron chi connectivity index (χ0n) is 11.0. The van der Waals surface area contributed by atoms with Crippen molar-refractivity contribution in [2.24, 2.45) is 5.92 Å². The topological polar surface area (TPSA) is 75.6 Å². The fourth-order valence-corrected chi connectivity index (χ4v) is 2.23. The molecule has 0 bridgehead atoms. The molecule has 0 aromatic carbocycles. The van der Waals surface area contributed by atoms with Crippen molar-refractivity contribution in [2.75, 3.05) is 13.2 Å². The second-order valence-corrected chi connectivity index (χ2v) is 4.87. The van der Waals surface area contributed by atoms with Crippen molar-refractivity contribution in [1.29, 1.82) is 0 Å². The molecule has 0 aromatic rings. The van der Waals surface area contributed by atoms with Gasteiger partial charge in [0.1, 0.15) is 6.61 Å². The summed E-state index contributed by atoms with van der Waals surface area (Å²) in [4.78, 5) is 22.3. The number of unbranched alkanes of at least 4 members (excludes halogenated alkanes) is 2. The van der Waals surface area contributed by atoms with Gasteiger partial charge in [-0.05, 0) is 25.7 Å². The second-order valence-electron chi connectivity index (χ2n) is 4.87. The lowest BCUT2D eigenvalue weighted by Crippen LogP contribution is -2.36. The molecule has 0 radical (unpaired) electrons. The SMILES string of the molecule is CCCCCOCC(=O)N[C@H]1CC[C@@H](C(=O)O)C1. The Kier molecular flexibility index (Phi) is 6.72. The summed E-state index contributed by atoms with van der Waals surface area (Å²) in [5.74, 6) is -1.20. The fourth-order valence-electron chi connectivity index (χ4n) is 2.23. The highest BCUT2D eigenvalue weighted by Gasteiger charge is 2.30. The Morgan fingerprint density at radius 2 is 2.11 bits per heavy atom. The third-order valence-corrected chi connectivity index (χ3v) is 3.27. The van der Waals surface area contributed by atoms with Crippen LogP contribution in [0.1, 0.15) is 45.4 Å². The summed E-state index contributed by atoms with van der Waals surface area (Å²) in [5.41, 5.74) is 0. The Balaban J connectivity index is 2.08. The molecular formula is C13H23NO4. The number of aliphatic carboxylic acids is 1. The average Bonchev–Trinajstić information content (AvgIpc) is 2.77. The lowest BCUT2D eigenvalue weighted by atomic mass is 10.1. The molecule has 0 saturated heterocycles. The van der Waals surface area contributed by atoms with E-state index in [2.05, 4.69) is 12.2 Å². The lowest BCUT2D eigenvalue weighted by molar-refractivity contribution is -0.141. The minimum atomic E-state index is -0.762. The Hall–Kier alpha value is -1.10. The zero-order valence-corrected chi connectivity index (χ0v) is 11.0. The molecule has 1 aliphatic rings. The molecule has 1 fully saturated rings. The van der Waals surface area contributed by atoms with Crippen LogP contribution < -0.4 is 5.32 Å². The van der Waals surface area contributed by atoms with Gasteiger partial charge in [-0.2, -0.15) is 0 Å². The monoisotopic (exact) mass is 257 g/mol. The third-order valence-electron chi connectivity index (χ3n) is 3.27. The maximum Gasteiger partial charge on any atom is 0.306 e. The Morgan fingerprint density at radius 3 is 2.72 bits per heavy atom. The van der Waals surface area contributed by atoms with Crippen molar-refractivity contribution in [3.63, 3.8) is 0 Å².